The van der Waals surface area contributed by atoms with Gasteiger partial charge in [-0.15, -0.1) is 0 Å². The molecule has 1 N–H and O–H groups in total. The predicted molar refractivity (Wildman–Crippen MR) is 88.4 cm³/mol. The number of amides is 2. The van der Waals surface area contributed by atoms with Crippen LogP contribution in [0.3, 0.4) is 0 Å². The first-order valence-electron chi connectivity index (χ1n) is 8.51. The minimum absolute atomic E-state index is 0.0762. The Kier molecular flexibility index (Phi) is 5.10. The number of rotatable bonds is 6. The van der Waals surface area contributed by atoms with Gasteiger partial charge in [-0.05, 0) is 37.8 Å². The number of nitrogens with zero attached hydrogens (tertiary/aromatic N) is 3. The molecular weight excluding hydrogens is 292 g/mol. The van der Waals surface area contributed by atoms with Crippen molar-refractivity contribution >= 4 is 17.6 Å². The van der Waals surface area contributed by atoms with Gasteiger partial charge in [0.2, 0.25) is 5.91 Å². The molecule has 0 saturated carbocycles. The van der Waals surface area contributed by atoms with Gasteiger partial charge in [0, 0.05) is 45.3 Å². The molecule has 3 rings (SSSR count). The van der Waals surface area contributed by atoms with Gasteiger partial charge in [0.25, 0.3) is 5.91 Å². The van der Waals surface area contributed by atoms with Crippen molar-refractivity contribution in [1.82, 2.24) is 15.2 Å². The highest BCUT2D eigenvalue weighted by molar-refractivity contribution is 5.98. The summed E-state index contributed by atoms with van der Waals surface area (Å²) in [5.74, 6) is 0.949. The van der Waals surface area contributed by atoms with E-state index in [1.807, 2.05) is 11.0 Å². The smallest absolute Gasteiger partial charge is 0.255 e. The second kappa shape index (κ2) is 7.44. The summed E-state index contributed by atoms with van der Waals surface area (Å²) in [6.07, 6.45) is 6.46. The van der Waals surface area contributed by atoms with E-state index in [4.69, 9.17) is 0 Å². The van der Waals surface area contributed by atoms with E-state index in [1.165, 1.54) is 0 Å². The first-order chi connectivity index (χ1) is 11.3. The van der Waals surface area contributed by atoms with Crippen molar-refractivity contribution in [2.75, 3.05) is 37.6 Å². The normalized spacial score (nSPS) is 17.8. The van der Waals surface area contributed by atoms with Gasteiger partial charge in [-0.25, -0.2) is 4.98 Å². The molecular formula is C17H24N4O2. The van der Waals surface area contributed by atoms with E-state index in [1.54, 1.807) is 12.3 Å². The van der Waals surface area contributed by atoms with E-state index in [0.29, 0.717) is 18.5 Å². The minimum Gasteiger partial charge on any atom is -0.356 e. The third-order valence-electron chi connectivity index (χ3n) is 4.50. The maximum atomic E-state index is 12.4. The van der Waals surface area contributed by atoms with Crippen molar-refractivity contribution in [1.29, 1.82) is 0 Å². The molecule has 6 heteroatoms. The maximum absolute atomic E-state index is 12.4. The highest BCUT2D eigenvalue weighted by Crippen LogP contribution is 2.21. The van der Waals surface area contributed by atoms with Crippen molar-refractivity contribution in [3.8, 4) is 0 Å². The number of aromatic nitrogens is 1. The van der Waals surface area contributed by atoms with E-state index in [9.17, 15) is 9.59 Å². The molecule has 2 fully saturated rings. The number of anilines is 1. The summed E-state index contributed by atoms with van der Waals surface area (Å²) in [4.78, 5) is 32.4. The van der Waals surface area contributed by atoms with E-state index in [-0.39, 0.29) is 11.8 Å². The van der Waals surface area contributed by atoms with Gasteiger partial charge in [0.1, 0.15) is 5.82 Å². The number of pyridine rings is 1. The third-order valence-corrected chi connectivity index (χ3v) is 4.50. The number of carbonyl (C=O) groups excluding carboxylic acids is 2. The van der Waals surface area contributed by atoms with Gasteiger partial charge < -0.3 is 15.1 Å². The molecule has 0 aliphatic carbocycles. The molecule has 124 valence electrons. The lowest BCUT2D eigenvalue weighted by atomic mass is 10.2. The topological polar surface area (TPSA) is 65.5 Å². The zero-order valence-corrected chi connectivity index (χ0v) is 13.5. The summed E-state index contributed by atoms with van der Waals surface area (Å²) in [5, 5.41) is 2.96. The summed E-state index contributed by atoms with van der Waals surface area (Å²) in [7, 11) is 0. The van der Waals surface area contributed by atoms with Crippen LogP contribution in [0.25, 0.3) is 0 Å². The van der Waals surface area contributed by atoms with E-state index >= 15 is 0 Å². The lowest BCUT2D eigenvalue weighted by molar-refractivity contribution is -0.127. The van der Waals surface area contributed by atoms with Crippen LogP contribution in [0.1, 0.15) is 42.5 Å². The monoisotopic (exact) mass is 316 g/mol. The lowest BCUT2D eigenvalue weighted by Gasteiger charge is -2.19. The number of likely N-dealkylation sites (tertiary alicyclic amines) is 1. The number of hydrogen-bond donors (Lipinski definition) is 1. The summed E-state index contributed by atoms with van der Waals surface area (Å²) < 4.78 is 0. The Morgan fingerprint density at radius 1 is 1.22 bits per heavy atom. The van der Waals surface area contributed by atoms with Crippen LogP contribution in [0.4, 0.5) is 5.82 Å². The summed E-state index contributed by atoms with van der Waals surface area (Å²) in [6, 6.07) is 3.64. The van der Waals surface area contributed by atoms with Crippen LogP contribution in [0, 0.1) is 0 Å². The molecule has 6 nitrogen and oxygen atoms in total. The molecule has 0 atom stereocenters. The van der Waals surface area contributed by atoms with Gasteiger partial charge in [0.05, 0.1) is 5.56 Å². The van der Waals surface area contributed by atoms with Crippen molar-refractivity contribution in [2.45, 2.75) is 32.1 Å². The quantitative estimate of drug-likeness (QED) is 0.806. The second-order valence-electron chi connectivity index (χ2n) is 6.16. The zero-order valence-electron chi connectivity index (χ0n) is 13.5. The molecule has 2 aliphatic rings. The van der Waals surface area contributed by atoms with Crippen molar-refractivity contribution < 1.29 is 9.59 Å². The Labute approximate surface area is 136 Å². The fourth-order valence-corrected chi connectivity index (χ4v) is 3.26. The fraction of sp³-hybridized carbons (Fsp3) is 0.588. The molecule has 2 amide bonds. The van der Waals surface area contributed by atoms with Crippen LogP contribution < -0.4 is 10.2 Å². The van der Waals surface area contributed by atoms with Gasteiger partial charge >= 0.3 is 0 Å². The van der Waals surface area contributed by atoms with E-state index in [0.717, 1.165) is 57.7 Å². The van der Waals surface area contributed by atoms with Crippen LogP contribution >= 0.6 is 0 Å². The lowest BCUT2D eigenvalue weighted by Crippen LogP contribution is -2.32. The van der Waals surface area contributed by atoms with Crippen molar-refractivity contribution in [3.05, 3.63) is 23.9 Å². The van der Waals surface area contributed by atoms with Crippen LogP contribution in [-0.4, -0.2) is 54.4 Å². The van der Waals surface area contributed by atoms with Gasteiger partial charge in [-0.2, -0.15) is 0 Å². The molecule has 0 spiro atoms. The fourth-order valence-electron chi connectivity index (χ4n) is 3.26. The molecule has 0 unspecified atom stereocenters. The van der Waals surface area contributed by atoms with E-state index in [2.05, 4.69) is 15.2 Å². The first-order valence-corrected chi connectivity index (χ1v) is 8.51. The summed E-state index contributed by atoms with van der Waals surface area (Å²) in [5.41, 5.74) is 0.645. The number of hydrogen-bond acceptors (Lipinski definition) is 4. The predicted octanol–water partition coefficient (Wildman–Crippen LogP) is 1.42. The molecule has 3 heterocycles. The average Bonchev–Trinajstić information content (AvgIpc) is 3.23. The molecule has 1 aromatic heterocycles. The van der Waals surface area contributed by atoms with Crippen molar-refractivity contribution in [2.24, 2.45) is 0 Å². The van der Waals surface area contributed by atoms with Crippen LogP contribution in [0.15, 0.2) is 18.3 Å². The van der Waals surface area contributed by atoms with Gasteiger partial charge in [0.15, 0.2) is 0 Å². The third kappa shape index (κ3) is 3.81. The van der Waals surface area contributed by atoms with Gasteiger partial charge in [-0.3, -0.25) is 9.59 Å². The van der Waals surface area contributed by atoms with E-state index < -0.39 is 0 Å². The molecule has 0 radical (unpaired) electrons. The SMILES string of the molecule is O=C(NCCCN1CCCC1=O)c1cccnc1N1CCCC1. The molecule has 0 bridgehead atoms. The van der Waals surface area contributed by atoms with Crippen LogP contribution in [0.5, 0.6) is 0 Å². The number of carbonyl (C=O) groups is 2. The molecule has 1 aromatic rings. The largest absolute Gasteiger partial charge is 0.356 e. The zero-order chi connectivity index (χ0) is 16.1. The van der Waals surface area contributed by atoms with Crippen LogP contribution in [-0.2, 0) is 4.79 Å². The Morgan fingerprint density at radius 3 is 2.78 bits per heavy atom. The second-order valence-corrected chi connectivity index (χ2v) is 6.16. The molecule has 23 heavy (non-hydrogen) atoms. The maximum Gasteiger partial charge on any atom is 0.255 e. The highest BCUT2D eigenvalue weighted by atomic mass is 16.2. The van der Waals surface area contributed by atoms with Crippen molar-refractivity contribution in [3.63, 3.8) is 0 Å². The summed E-state index contributed by atoms with van der Waals surface area (Å²) in [6.45, 7) is 4.10. The standard InChI is InChI=1S/C17H24N4O2/c22-15-7-4-12-20(15)13-5-9-19-17(23)14-6-3-8-18-16(14)21-10-1-2-11-21/h3,6,8H,1-2,4-5,7,9-13H2,(H,19,23). The summed E-state index contributed by atoms with van der Waals surface area (Å²) >= 11 is 0. The van der Waals surface area contributed by atoms with Gasteiger partial charge in [-0.1, -0.05) is 0 Å². The van der Waals surface area contributed by atoms with Crippen LogP contribution in [0.2, 0.25) is 0 Å². The molecule has 0 aromatic carbocycles. The minimum atomic E-state index is -0.0762. The number of nitrogens with one attached hydrogen (secondary N) is 1. The Hall–Kier alpha value is -2.11. The molecule has 2 saturated heterocycles. The average molecular weight is 316 g/mol. The Morgan fingerprint density at radius 2 is 2.04 bits per heavy atom. The Bertz CT molecular complexity index is 569. The first kappa shape index (κ1) is 15.8. The molecule has 2 aliphatic heterocycles. The Balaban J connectivity index is 1.51. The highest BCUT2D eigenvalue weighted by Gasteiger charge is 2.21.